The highest BCUT2D eigenvalue weighted by atomic mass is 35.5. The van der Waals surface area contributed by atoms with Crippen molar-refractivity contribution in [3.63, 3.8) is 0 Å². The molecule has 1 aliphatic rings. The van der Waals surface area contributed by atoms with E-state index < -0.39 is 32.4 Å². The topological polar surface area (TPSA) is 76.3 Å². The molecule has 1 aromatic carbocycles. The zero-order chi connectivity index (χ0) is 25.0. The summed E-state index contributed by atoms with van der Waals surface area (Å²) in [5.41, 5.74) is 0.110. The third-order valence-electron chi connectivity index (χ3n) is 5.88. The second kappa shape index (κ2) is 8.73. The van der Waals surface area contributed by atoms with Gasteiger partial charge in [0.1, 0.15) is 22.4 Å². The number of alkyl halides is 2. The van der Waals surface area contributed by atoms with Crippen molar-refractivity contribution >= 4 is 37.5 Å². The molecule has 3 aromatic rings. The van der Waals surface area contributed by atoms with E-state index in [-0.39, 0.29) is 11.1 Å². The fraction of sp³-hybridized carbons (Fsp3) is 0.522. The van der Waals surface area contributed by atoms with Crippen LogP contribution < -0.4 is 9.33 Å². The molecule has 0 spiro atoms. The number of aliphatic hydroxyl groups is 1. The maximum Gasteiger partial charge on any atom is 0.296 e. The Labute approximate surface area is 204 Å². The van der Waals surface area contributed by atoms with E-state index in [2.05, 4.69) is 28.0 Å². The van der Waals surface area contributed by atoms with Gasteiger partial charge in [-0.2, -0.15) is 4.98 Å². The standard InChI is InChI=1S/C23H30ClF2N5O2Si/c1-22(2,3)17-14(33-34(5)6)9-8-13-18(17)29-20(19(25)26)31(13)21-27-15(24)12-16(28-21)30-11-7-10-23(30,4)32/h8-9,12,19,32,34H,7,10-11H2,1-6H3. The molecule has 1 saturated heterocycles. The number of fused-ring (bicyclic) bond motifs is 1. The third kappa shape index (κ3) is 4.50. The minimum atomic E-state index is -2.87. The van der Waals surface area contributed by atoms with Gasteiger partial charge in [0.05, 0.1) is 11.0 Å². The van der Waals surface area contributed by atoms with E-state index in [0.29, 0.717) is 35.6 Å². The van der Waals surface area contributed by atoms with Gasteiger partial charge in [0.25, 0.3) is 6.43 Å². The SMILES string of the molecule is C[SiH](C)Oc1ccc2c(nc(C(F)F)n2-c2nc(Cl)cc(N3CCCC3(C)O)n2)c1C(C)(C)C. The summed E-state index contributed by atoms with van der Waals surface area (Å²) in [4.78, 5) is 14.9. The Bertz CT molecular complexity index is 1230. The van der Waals surface area contributed by atoms with E-state index in [4.69, 9.17) is 16.0 Å². The van der Waals surface area contributed by atoms with Crippen LogP contribution in [0.2, 0.25) is 18.2 Å². The van der Waals surface area contributed by atoms with Crippen LogP contribution in [-0.4, -0.2) is 45.9 Å². The Morgan fingerprint density at radius 3 is 2.47 bits per heavy atom. The molecule has 0 aliphatic carbocycles. The fourth-order valence-electron chi connectivity index (χ4n) is 4.52. The second-order valence-corrected chi connectivity index (χ2v) is 12.9. The Balaban J connectivity index is 1.99. The number of aromatic nitrogens is 4. The summed E-state index contributed by atoms with van der Waals surface area (Å²) in [6, 6.07) is 5.05. The van der Waals surface area contributed by atoms with Crippen LogP contribution >= 0.6 is 11.6 Å². The van der Waals surface area contributed by atoms with Crippen molar-refractivity contribution < 1.29 is 18.3 Å². The van der Waals surface area contributed by atoms with Gasteiger partial charge in [-0.15, -0.1) is 0 Å². The number of imidazole rings is 1. The van der Waals surface area contributed by atoms with Crippen molar-refractivity contribution in [3.05, 3.63) is 34.7 Å². The van der Waals surface area contributed by atoms with Gasteiger partial charge in [0, 0.05) is 18.2 Å². The van der Waals surface area contributed by atoms with Crippen LogP contribution in [0.3, 0.4) is 0 Å². The molecule has 34 heavy (non-hydrogen) atoms. The molecule has 7 nitrogen and oxygen atoms in total. The lowest BCUT2D eigenvalue weighted by molar-refractivity contribution is 0.0707. The van der Waals surface area contributed by atoms with Crippen molar-refractivity contribution in [2.75, 3.05) is 11.4 Å². The molecule has 1 atom stereocenters. The molecule has 0 saturated carbocycles. The first kappa shape index (κ1) is 24.8. The molecule has 4 rings (SSSR count). The third-order valence-corrected chi connectivity index (χ3v) is 6.80. The van der Waals surface area contributed by atoms with Gasteiger partial charge in [0.2, 0.25) is 15.0 Å². The average Bonchev–Trinajstić information content (AvgIpc) is 3.25. The van der Waals surface area contributed by atoms with Crippen molar-refractivity contribution in [2.24, 2.45) is 0 Å². The van der Waals surface area contributed by atoms with E-state index >= 15 is 0 Å². The van der Waals surface area contributed by atoms with Gasteiger partial charge < -0.3 is 14.4 Å². The molecular formula is C23H30ClF2N5O2Si. The van der Waals surface area contributed by atoms with Crippen LogP contribution in [-0.2, 0) is 5.41 Å². The number of hydrogen-bond acceptors (Lipinski definition) is 6. The van der Waals surface area contributed by atoms with Gasteiger partial charge in [-0.05, 0) is 50.4 Å². The molecule has 0 amide bonds. The summed E-state index contributed by atoms with van der Waals surface area (Å²) in [6.45, 7) is 12.4. The van der Waals surface area contributed by atoms with Gasteiger partial charge >= 0.3 is 0 Å². The Kier molecular flexibility index (Phi) is 6.37. The molecule has 1 N–H and O–H groups in total. The zero-order valence-electron chi connectivity index (χ0n) is 20.2. The predicted octanol–water partition coefficient (Wildman–Crippen LogP) is 5.37. The van der Waals surface area contributed by atoms with Gasteiger partial charge in [0.15, 0.2) is 5.82 Å². The molecule has 0 radical (unpaired) electrons. The average molecular weight is 510 g/mol. The number of halogens is 3. The molecule has 3 heterocycles. The molecule has 1 fully saturated rings. The van der Waals surface area contributed by atoms with Crippen molar-refractivity contribution in [1.82, 2.24) is 19.5 Å². The smallest absolute Gasteiger partial charge is 0.296 e. The number of nitrogens with zero attached hydrogens (tertiary/aromatic N) is 5. The normalized spacial score (nSPS) is 19.1. The Morgan fingerprint density at radius 2 is 1.91 bits per heavy atom. The van der Waals surface area contributed by atoms with Gasteiger partial charge in [-0.1, -0.05) is 32.4 Å². The van der Waals surface area contributed by atoms with E-state index in [1.807, 2.05) is 20.8 Å². The molecule has 1 aliphatic heterocycles. The van der Waals surface area contributed by atoms with Gasteiger partial charge in [-0.25, -0.2) is 18.7 Å². The van der Waals surface area contributed by atoms with E-state index in [1.54, 1.807) is 24.0 Å². The Hall–Kier alpha value is -2.30. The second-order valence-electron chi connectivity index (χ2n) is 10.2. The van der Waals surface area contributed by atoms with Crippen LogP contribution in [0.5, 0.6) is 5.75 Å². The Morgan fingerprint density at radius 1 is 1.21 bits per heavy atom. The molecular weight excluding hydrogens is 480 g/mol. The fourth-order valence-corrected chi connectivity index (χ4v) is 5.40. The zero-order valence-corrected chi connectivity index (χ0v) is 22.1. The quantitative estimate of drug-likeness (QED) is 0.368. The van der Waals surface area contributed by atoms with Crippen LogP contribution in [0.1, 0.15) is 58.3 Å². The molecule has 11 heteroatoms. The van der Waals surface area contributed by atoms with Crippen molar-refractivity contribution in [1.29, 1.82) is 0 Å². The summed E-state index contributed by atoms with van der Waals surface area (Å²) in [5, 5.41) is 10.8. The minimum absolute atomic E-state index is 0.0187. The molecule has 184 valence electrons. The van der Waals surface area contributed by atoms with E-state index in [1.165, 1.54) is 10.6 Å². The first-order chi connectivity index (χ1) is 15.8. The first-order valence-corrected chi connectivity index (χ1v) is 14.5. The van der Waals surface area contributed by atoms with E-state index in [0.717, 1.165) is 12.0 Å². The summed E-state index contributed by atoms with van der Waals surface area (Å²) in [5.74, 6) is 0.546. The van der Waals surface area contributed by atoms with Crippen molar-refractivity contribution in [2.45, 2.75) is 71.2 Å². The number of benzene rings is 1. The highest BCUT2D eigenvalue weighted by Gasteiger charge is 2.36. The van der Waals surface area contributed by atoms with Crippen LogP contribution in [0.4, 0.5) is 14.6 Å². The highest BCUT2D eigenvalue weighted by Crippen LogP contribution is 2.40. The van der Waals surface area contributed by atoms with Crippen LogP contribution in [0.25, 0.3) is 17.0 Å². The lowest BCUT2D eigenvalue weighted by atomic mass is 9.85. The lowest BCUT2D eigenvalue weighted by Gasteiger charge is -2.31. The largest absolute Gasteiger partial charge is 0.547 e. The minimum Gasteiger partial charge on any atom is -0.547 e. The maximum absolute atomic E-state index is 14.3. The monoisotopic (exact) mass is 509 g/mol. The van der Waals surface area contributed by atoms with Crippen molar-refractivity contribution in [3.8, 4) is 11.7 Å². The summed E-state index contributed by atoms with van der Waals surface area (Å²) in [7, 11) is -1.46. The summed E-state index contributed by atoms with van der Waals surface area (Å²) in [6.07, 6.45) is -1.53. The van der Waals surface area contributed by atoms with Crippen LogP contribution in [0.15, 0.2) is 18.2 Å². The summed E-state index contributed by atoms with van der Waals surface area (Å²) < 4.78 is 35.9. The molecule has 2 aromatic heterocycles. The number of hydrogen-bond donors (Lipinski definition) is 1. The first-order valence-electron chi connectivity index (χ1n) is 11.3. The number of anilines is 1. The number of rotatable bonds is 5. The molecule has 1 unspecified atom stereocenters. The molecule has 0 bridgehead atoms. The van der Waals surface area contributed by atoms with Gasteiger partial charge in [-0.3, -0.25) is 4.57 Å². The predicted molar refractivity (Wildman–Crippen MR) is 132 cm³/mol. The highest BCUT2D eigenvalue weighted by molar-refractivity contribution is 6.49. The van der Waals surface area contributed by atoms with Crippen LogP contribution in [0, 0.1) is 0 Å². The lowest BCUT2D eigenvalue weighted by Crippen LogP contribution is -2.41. The van der Waals surface area contributed by atoms with E-state index in [9.17, 15) is 13.9 Å². The maximum atomic E-state index is 14.3. The summed E-state index contributed by atoms with van der Waals surface area (Å²) >= 11 is 6.31.